The molecule has 0 aliphatic carbocycles. The van der Waals surface area contributed by atoms with Crippen LogP contribution in [-0.4, -0.2) is 0 Å². The van der Waals surface area contributed by atoms with Crippen molar-refractivity contribution in [2.24, 2.45) is 4.36 Å². The summed E-state index contributed by atoms with van der Waals surface area (Å²) in [6.45, 7) is 0. The highest BCUT2D eigenvalue weighted by Gasteiger charge is 2.04. The molecule has 1 aliphatic rings. The van der Waals surface area contributed by atoms with Crippen molar-refractivity contribution < 1.29 is 4.18 Å². The van der Waals surface area contributed by atoms with Gasteiger partial charge in [0.05, 0.1) is 11.8 Å². The number of nitrogens with zero attached hydrogens (tertiary/aromatic N) is 1. The van der Waals surface area contributed by atoms with Crippen LogP contribution in [0.15, 0.2) is 22.6 Å². The van der Waals surface area contributed by atoms with Crippen LogP contribution in [0.4, 0.5) is 5.69 Å². The van der Waals surface area contributed by atoms with Gasteiger partial charge in [0.2, 0.25) is 0 Å². The van der Waals surface area contributed by atoms with Crippen molar-refractivity contribution >= 4 is 17.5 Å². The topological polar surface area (TPSA) is 21.6 Å². The third kappa shape index (κ3) is 0.733. The second-order valence-corrected chi connectivity index (χ2v) is 2.20. The van der Waals surface area contributed by atoms with Gasteiger partial charge in [-0.15, -0.1) is 0 Å². The average Bonchev–Trinajstić information content (AvgIpc) is 2.33. The van der Waals surface area contributed by atoms with Gasteiger partial charge in [-0.25, -0.2) is 0 Å². The van der Waals surface area contributed by atoms with Gasteiger partial charge in [-0.2, -0.15) is 4.36 Å². The summed E-state index contributed by atoms with van der Waals surface area (Å²) >= 11 is 0.668. The van der Waals surface area contributed by atoms with Gasteiger partial charge >= 0.3 is 0 Å². The first-order valence-electron chi connectivity index (χ1n) is 2.55. The van der Waals surface area contributed by atoms with Gasteiger partial charge in [-0.1, -0.05) is 12.1 Å². The largest absolute Gasteiger partial charge is 0.416 e. The Morgan fingerprint density at radius 2 is 2.67 bits per heavy atom. The summed E-state index contributed by atoms with van der Waals surface area (Å²) < 4.78 is 9.07. The van der Waals surface area contributed by atoms with Gasteiger partial charge in [-0.05, 0) is 6.07 Å². The van der Waals surface area contributed by atoms with Crippen LogP contribution in [0, 0.1) is 6.07 Å². The fraction of sp³-hybridized carbons (Fsp3) is 0. The fourth-order valence-corrected chi connectivity index (χ4v) is 1.18. The second kappa shape index (κ2) is 1.84. The molecule has 0 N–H and O–H groups in total. The van der Waals surface area contributed by atoms with Crippen LogP contribution < -0.4 is 4.18 Å². The van der Waals surface area contributed by atoms with Crippen LogP contribution in [0.2, 0.25) is 0 Å². The van der Waals surface area contributed by atoms with E-state index in [0.29, 0.717) is 11.8 Å². The Morgan fingerprint density at radius 1 is 1.67 bits per heavy atom. The predicted molar refractivity (Wildman–Crippen MR) is 36.8 cm³/mol. The van der Waals surface area contributed by atoms with Gasteiger partial charge in [0.25, 0.3) is 0 Å². The van der Waals surface area contributed by atoms with Crippen molar-refractivity contribution in [2.75, 3.05) is 0 Å². The lowest BCUT2D eigenvalue weighted by Gasteiger charge is -1.89. The number of fused-ring (bicyclic) bond motifs is 1. The van der Waals surface area contributed by atoms with E-state index in [9.17, 15) is 0 Å². The zero-order valence-corrected chi connectivity index (χ0v) is 5.43. The first kappa shape index (κ1) is 4.99. The summed E-state index contributed by atoms with van der Waals surface area (Å²) in [7, 11) is 0. The predicted octanol–water partition coefficient (Wildman–Crippen LogP) is 1.42. The lowest BCUT2D eigenvalue weighted by Crippen LogP contribution is -1.74. The lowest BCUT2D eigenvalue weighted by atomic mass is 10.3. The molecule has 0 amide bonds. The van der Waals surface area contributed by atoms with E-state index in [1.165, 1.54) is 0 Å². The molecule has 0 unspecified atom stereocenters. The molecule has 0 saturated heterocycles. The van der Waals surface area contributed by atoms with Gasteiger partial charge in [0.1, 0.15) is 5.69 Å². The Hall–Kier alpha value is -0.830. The molecule has 0 spiro atoms. The molecule has 3 heteroatoms. The van der Waals surface area contributed by atoms with Crippen LogP contribution in [0.1, 0.15) is 0 Å². The van der Waals surface area contributed by atoms with Crippen LogP contribution in [0.25, 0.3) is 0 Å². The Morgan fingerprint density at radius 3 is 3.56 bits per heavy atom. The number of hydrogen-bond acceptors (Lipinski definition) is 2. The van der Waals surface area contributed by atoms with Gasteiger partial charge < -0.3 is 4.18 Å². The minimum absolute atomic E-state index is 0.668. The molecule has 1 heterocycles. The SMILES string of the molecule is [c]1cccc2c1O[SH]=N2. The van der Waals surface area contributed by atoms with Crippen LogP contribution in [0.3, 0.4) is 0 Å². The van der Waals surface area contributed by atoms with Crippen molar-refractivity contribution in [3.8, 4) is 5.75 Å². The summed E-state index contributed by atoms with van der Waals surface area (Å²) in [6.07, 6.45) is 0. The maximum absolute atomic E-state index is 5.05. The summed E-state index contributed by atoms with van der Waals surface area (Å²) in [5.74, 6) is 0.763. The van der Waals surface area contributed by atoms with E-state index in [0.717, 1.165) is 11.4 Å². The molecule has 2 rings (SSSR count). The van der Waals surface area contributed by atoms with Crippen molar-refractivity contribution in [3.05, 3.63) is 24.3 Å². The molecule has 9 heavy (non-hydrogen) atoms. The number of benzene rings is 1. The van der Waals surface area contributed by atoms with E-state index >= 15 is 0 Å². The zero-order chi connectivity index (χ0) is 6.10. The quantitative estimate of drug-likeness (QED) is 0.538. The smallest absolute Gasteiger partial charge is 0.172 e. The third-order valence-corrected chi connectivity index (χ3v) is 1.64. The molecule has 45 valence electrons. The van der Waals surface area contributed by atoms with Gasteiger partial charge in [-0.3, -0.25) is 0 Å². The standard InChI is InChI=1S/C6H4NOS/c1-2-4-6-5(3-1)7-9-8-6/h1-3,9H. The maximum atomic E-state index is 5.05. The van der Waals surface area contributed by atoms with Crippen molar-refractivity contribution in [1.82, 2.24) is 0 Å². The van der Waals surface area contributed by atoms with Crippen LogP contribution in [0.5, 0.6) is 5.75 Å². The highest BCUT2D eigenvalue weighted by molar-refractivity contribution is 7.63. The summed E-state index contributed by atoms with van der Waals surface area (Å²) in [5, 5.41) is 0. The van der Waals surface area contributed by atoms with Crippen molar-refractivity contribution in [2.45, 2.75) is 0 Å². The molecule has 0 bridgehead atoms. The summed E-state index contributed by atoms with van der Waals surface area (Å²) in [6, 6.07) is 8.54. The normalized spacial score (nSPS) is 13.8. The van der Waals surface area contributed by atoms with E-state index in [2.05, 4.69) is 10.4 Å². The van der Waals surface area contributed by atoms with Crippen molar-refractivity contribution in [1.29, 1.82) is 0 Å². The molecule has 1 radical (unpaired) electrons. The summed E-state index contributed by atoms with van der Waals surface area (Å²) in [4.78, 5) is 0. The molecule has 1 aliphatic heterocycles. The van der Waals surface area contributed by atoms with Crippen LogP contribution >= 0.6 is 0 Å². The monoisotopic (exact) mass is 138 g/mol. The van der Waals surface area contributed by atoms with E-state index in [1.807, 2.05) is 18.2 Å². The Bertz CT molecular complexity index is 259. The Kier molecular flexibility index (Phi) is 1.02. The second-order valence-electron chi connectivity index (χ2n) is 1.66. The molecular weight excluding hydrogens is 134 g/mol. The van der Waals surface area contributed by atoms with E-state index < -0.39 is 0 Å². The van der Waals surface area contributed by atoms with Crippen LogP contribution in [-0.2, 0) is 11.8 Å². The number of hydrogen-bond donors (Lipinski definition) is 1. The first-order chi connectivity index (χ1) is 4.47. The molecule has 0 saturated carbocycles. The molecule has 2 nitrogen and oxygen atoms in total. The highest BCUT2D eigenvalue weighted by Crippen LogP contribution is 2.29. The van der Waals surface area contributed by atoms with E-state index in [-0.39, 0.29) is 0 Å². The molecular formula is C6H4NOS. The molecule has 1 aromatic carbocycles. The van der Waals surface area contributed by atoms with E-state index in [1.54, 1.807) is 0 Å². The molecule has 0 atom stereocenters. The lowest BCUT2D eigenvalue weighted by molar-refractivity contribution is 0.661. The first-order valence-corrected chi connectivity index (χ1v) is 3.32. The molecule has 0 fully saturated rings. The Labute approximate surface area is 56.8 Å². The maximum Gasteiger partial charge on any atom is 0.172 e. The number of para-hydroxylation sites is 1. The zero-order valence-electron chi connectivity index (χ0n) is 4.53. The average molecular weight is 138 g/mol. The van der Waals surface area contributed by atoms with Gasteiger partial charge in [0, 0.05) is 6.07 Å². The Balaban J connectivity index is 2.63. The fourth-order valence-electron chi connectivity index (χ4n) is 0.670. The van der Waals surface area contributed by atoms with E-state index in [4.69, 9.17) is 4.18 Å². The summed E-state index contributed by atoms with van der Waals surface area (Å²) in [5.41, 5.74) is 0.902. The third-order valence-electron chi connectivity index (χ3n) is 1.08. The molecule has 1 aromatic rings. The minimum atomic E-state index is 0.668. The van der Waals surface area contributed by atoms with Crippen molar-refractivity contribution in [3.63, 3.8) is 0 Å². The number of rotatable bonds is 0. The highest BCUT2D eigenvalue weighted by atomic mass is 32.2. The number of thiol groups is 1. The minimum Gasteiger partial charge on any atom is -0.416 e. The molecule has 0 aromatic heterocycles. The van der Waals surface area contributed by atoms with Gasteiger partial charge in [0.15, 0.2) is 5.75 Å².